The third-order valence-electron chi connectivity index (χ3n) is 3.35. The quantitative estimate of drug-likeness (QED) is 0.832. The first-order valence-corrected chi connectivity index (χ1v) is 6.95. The minimum absolute atomic E-state index is 0.000314. The van der Waals surface area contributed by atoms with Crippen molar-refractivity contribution in [3.05, 3.63) is 29.7 Å². The first kappa shape index (κ1) is 14.8. The van der Waals surface area contributed by atoms with Gasteiger partial charge < -0.3 is 19.2 Å². The highest BCUT2D eigenvalue weighted by atomic mass is 16.5. The van der Waals surface area contributed by atoms with E-state index in [0.29, 0.717) is 25.5 Å². The van der Waals surface area contributed by atoms with Crippen LogP contribution in [-0.2, 0) is 9.53 Å². The highest BCUT2D eigenvalue weighted by Crippen LogP contribution is 2.14. The normalized spacial score (nSPS) is 17.0. The van der Waals surface area contributed by atoms with E-state index in [2.05, 4.69) is 0 Å². The Hall–Kier alpha value is -1.59. The lowest BCUT2D eigenvalue weighted by Gasteiger charge is -2.31. The molecule has 20 heavy (non-hydrogen) atoms. The molecule has 1 saturated heterocycles. The molecule has 5 heteroatoms. The predicted octanol–water partition coefficient (Wildman–Crippen LogP) is 1.60. The van der Waals surface area contributed by atoms with Crippen molar-refractivity contribution in [3.8, 4) is 0 Å². The molecule has 1 aliphatic rings. The van der Waals surface area contributed by atoms with Crippen LogP contribution in [0.5, 0.6) is 0 Å². The van der Waals surface area contributed by atoms with Crippen LogP contribution in [0.2, 0.25) is 0 Å². The largest absolute Gasteiger partial charge is 0.462 e. The summed E-state index contributed by atoms with van der Waals surface area (Å²) in [5, 5.41) is 8.71. The molecular formula is C15H21NO4. The maximum Gasteiger partial charge on any atom is 0.246 e. The second-order valence-electron chi connectivity index (χ2n) is 4.90. The van der Waals surface area contributed by atoms with E-state index < -0.39 is 0 Å². The molecule has 2 heterocycles. The Labute approximate surface area is 118 Å². The average molecular weight is 279 g/mol. The van der Waals surface area contributed by atoms with Gasteiger partial charge in [-0.05, 0) is 38.0 Å². The smallest absolute Gasteiger partial charge is 0.246 e. The van der Waals surface area contributed by atoms with Crippen LogP contribution in [0.1, 0.15) is 24.4 Å². The Morgan fingerprint density at radius 1 is 1.50 bits per heavy atom. The van der Waals surface area contributed by atoms with Gasteiger partial charge in [0.2, 0.25) is 5.91 Å². The van der Waals surface area contributed by atoms with Crippen LogP contribution in [0, 0.1) is 6.92 Å². The lowest BCUT2D eigenvalue weighted by atomic mass is 10.1. The van der Waals surface area contributed by atoms with Crippen molar-refractivity contribution in [2.45, 2.75) is 25.9 Å². The second-order valence-corrected chi connectivity index (χ2v) is 4.90. The number of furan rings is 1. The standard InChI is InChI=1S/C15H21NO4/c1-12-2-3-14(20-12)4-5-15(18)16-8-6-13(7-9-16)19-11-10-17/h2-5,13,17H,6-11H2,1H3/b5-4+. The van der Waals surface area contributed by atoms with Crippen LogP contribution >= 0.6 is 0 Å². The SMILES string of the molecule is Cc1ccc(/C=C/C(=O)N2CCC(OCCO)CC2)o1. The number of amides is 1. The number of nitrogens with zero attached hydrogens (tertiary/aromatic N) is 1. The summed E-state index contributed by atoms with van der Waals surface area (Å²) in [7, 11) is 0. The monoisotopic (exact) mass is 279 g/mol. The van der Waals surface area contributed by atoms with E-state index in [0.717, 1.165) is 18.6 Å². The van der Waals surface area contributed by atoms with Gasteiger partial charge in [-0.1, -0.05) is 0 Å². The van der Waals surface area contributed by atoms with Crippen molar-refractivity contribution >= 4 is 12.0 Å². The summed E-state index contributed by atoms with van der Waals surface area (Å²) < 4.78 is 10.9. The van der Waals surface area contributed by atoms with Gasteiger partial charge in [0, 0.05) is 19.2 Å². The number of rotatable bonds is 5. The number of carbonyl (C=O) groups excluding carboxylic acids is 1. The predicted molar refractivity (Wildman–Crippen MR) is 75.1 cm³/mol. The third kappa shape index (κ3) is 4.21. The molecule has 0 saturated carbocycles. The number of aliphatic hydroxyl groups is 1. The summed E-state index contributed by atoms with van der Waals surface area (Å²) in [6.07, 6.45) is 5.04. The molecule has 1 amide bonds. The van der Waals surface area contributed by atoms with Crippen molar-refractivity contribution < 1.29 is 19.1 Å². The van der Waals surface area contributed by atoms with Gasteiger partial charge in [-0.2, -0.15) is 0 Å². The topological polar surface area (TPSA) is 62.9 Å². The minimum Gasteiger partial charge on any atom is -0.462 e. The van der Waals surface area contributed by atoms with Crippen LogP contribution in [-0.4, -0.2) is 48.3 Å². The van der Waals surface area contributed by atoms with Gasteiger partial charge in [0.05, 0.1) is 19.3 Å². The molecule has 1 aliphatic heterocycles. The Morgan fingerprint density at radius 3 is 2.85 bits per heavy atom. The van der Waals surface area contributed by atoms with Gasteiger partial charge in [0.1, 0.15) is 11.5 Å². The molecule has 1 N–H and O–H groups in total. The van der Waals surface area contributed by atoms with Crippen LogP contribution in [0.15, 0.2) is 22.6 Å². The van der Waals surface area contributed by atoms with Crippen LogP contribution in [0.25, 0.3) is 6.08 Å². The summed E-state index contributed by atoms with van der Waals surface area (Å²) in [5.74, 6) is 1.52. The zero-order chi connectivity index (χ0) is 14.4. The highest BCUT2D eigenvalue weighted by Gasteiger charge is 2.21. The Kier molecular flexibility index (Phi) is 5.38. The van der Waals surface area contributed by atoms with E-state index in [-0.39, 0.29) is 18.6 Å². The highest BCUT2D eigenvalue weighted by molar-refractivity contribution is 5.91. The van der Waals surface area contributed by atoms with Crippen molar-refractivity contribution in [2.75, 3.05) is 26.3 Å². The summed E-state index contributed by atoms with van der Waals surface area (Å²) >= 11 is 0. The molecule has 0 unspecified atom stereocenters. The summed E-state index contributed by atoms with van der Waals surface area (Å²) in [6, 6.07) is 3.71. The van der Waals surface area contributed by atoms with Gasteiger partial charge in [-0.3, -0.25) is 4.79 Å². The lowest BCUT2D eigenvalue weighted by Crippen LogP contribution is -2.40. The van der Waals surface area contributed by atoms with E-state index in [1.165, 1.54) is 0 Å². The van der Waals surface area contributed by atoms with Crippen LogP contribution in [0.3, 0.4) is 0 Å². The minimum atomic E-state index is -0.000314. The van der Waals surface area contributed by atoms with E-state index in [9.17, 15) is 4.79 Å². The van der Waals surface area contributed by atoms with Gasteiger partial charge >= 0.3 is 0 Å². The number of aliphatic hydroxyl groups excluding tert-OH is 1. The number of likely N-dealkylation sites (tertiary alicyclic amines) is 1. The fourth-order valence-corrected chi connectivity index (χ4v) is 2.26. The zero-order valence-corrected chi connectivity index (χ0v) is 11.7. The summed E-state index contributed by atoms with van der Waals surface area (Å²) in [4.78, 5) is 13.8. The number of hydrogen-bond acceptors (Lipinski definition) is 4. The Bertz CT molecular complexity index is 458. The van der Waals surface area contributed by atoms with Crippen molar-refractivity contribution in [1.82, 2.24) is 4.90 Å². The van der Waals surface area contributed by atoms with Crippen LogP contribution in [0.4, 0.5) is 0 Å². The fourth-order valence-electron chi connectivity index (χ4n) is 2.26. The summed E-state index contributed by atoms with van der Waals surface area (Å²) in [5.41, 5.74) is 0. The van der Waals surface area contributed by atoms with Crippen molar-refractivity contribution in [2.24, 2.45) is 0 Å². The Balaban J connectivity index is 1.78. The summed E-state index contributed by atoms with van der Waals surface area (Å²) in [6.45, 7) is 3.67. The van der Waals surface area contributed by atoms with E-state index >= 15 is 0 Å². The van der Waals surface area contributed by atoms with Crippen molar-refractivity contribution in [1.29, 1.82) is 0 Å². The first-order chi connectivity index (χ1) is 9.69. The van der Waals surface area contributed by atoms with Crippen molar-refractivity contribution in [3.63, 3.8) is 0 Å². The molecule has 2 rings (SSSR count). The van der Waals surface area contributed by atoms with Gasteiger partial charge in [0.25, 0.3) is 0 Å². The molecule has 1 fully saturated rings. The molecule has 5 nitrogen and oxygen atoms in total. The first-order valence-electron chi connectivity index (χ1n) is 6.95. The van der Waals surface area contributed by atoms with Gasteiger partial charge in [-0.15, -0.1) is 0 Å². The number of hydrogen-bond donors (Lipinski definition) is 1. The molecule has 1 aromatic rings. The second kappa shape index (κ2) is 7.26. The molecular weight excluding hydrogens is 258 g/mol. The average Bonchev–Trinajstić information content (AvgIpc) is 2.89. The molecule has 0 bridgehead atoms. The molecule has 0 aliphatic carbocycles. The molecule has 0 aromatic carbocycles. The molecule has 0 spiro atoms. The molecule has 1 aromatic heterocycles. The number of aryl methyl sites for hydroxylation is 1. The number of ether oxygens (including phenoxy) is 1. The maximum absolute atomic E-state index is 12.0. The maximum atomic E-state index is 12.0. The van der Waals surface area contributed by atoms with E-state index in [4.69, 9.17) is 14.3 Å². The van der Waals surface area contributed by atoms with E-state index in [1.54, 1.807) is 12.2 Å². The van der Waals surface area contributed by atoms with Gasteiger partial charge in [-0.25, -0.2) is 0 Å². The zero-order valence-electron chi connectivity index (χ0n) is 11.7. The van der Waals surface area contributed by atoms with Gasteiger partial charge in [0.15, 0.2) is 0 Å². The molecule has 0 atom stereocenters. The fraction of sp³-hybridized carbons (Fsp3) is 0.533. The van der Waals surface area contributed by atoms with E-state index in [1.807, 2.05) is 24.0 Å². The third-order valence-corrected chi connectivity index (χ3v) is 3.35. The number of piperidine rings is 1. The van der Waals surface area contributed by atoms with Crippen LogP contribution < -0.4 is 0 Å². The molecule has 0 radical (unpaired) electrons. The lowest BCUT2D eigenvalue weighted by molar-refractivity contribution is -0.128. The number of carbonyl (C=O) groups is 1. The Morgan fingerprint density at radius 2 is 2.25 bits per heavy atom. The molecule has 110 valence electrons.